The molecule has 0 aliphatic heterocycles. The summed E-state index contributed by atoms with van der Waals surface area (Å²) in [6, 6.07) is 4.19. The lowest BCUT2D eigenvalue weighted by atomic mass is 10.0. The predicted molar refractivity (Wildman–Crippen MR) is 100 cm³/mol. The summed E-state index contributed by atoms with van der Waals surface area (Å²) in [6.45, 7) is 6.14. The van der Waals surface area contributed by atoms with E-state index < -0.39 is 0 Å². The maximum Gasteiger partial charge on any atom is 0.223 e. The molecule has 0 amide bonds. The number of hydrogen-bond donors (Lipinski definition) is 1. The van der Waals surface area contributed by atoms with Crippen molar-refractivity contribution in [1.82, 2.24) is 15.1 Å². The number of nitrogens with one attached hydrogen (secondary N) is 1. The molecular weight excluding hydrogens is 356 g/mol. The van der Waals surface area contributed by atoms with Gasteiger partial charge in [-0.3, -0.25) is 0 Å². The molecule has 3 heterocycles. The van der Waals surface area contributed by atoms with E-state index in [1.807, 2.05) is 19.2 Å². The zero-order valence-corrected chi connectivity index (χ0v) is 15.9. The lowest BCUT2D eigenvalue weighted by Crippen LogP contribution is -2.11. The second-order valence-electron chi connectivity index (χ2n) is 6.64. The minimum atomic E-state index is 0.220. The fourth-order valence-electron chi connectivity index (χ4n) is 3.22. The Morgan fingerprint density at radius 2 is 2.20 bits per heavy atom. The molecule has 1 aliphatic carbocycles. The van der Waals surface area contributed by atoms with Crippen LogP contribution in [0.3, 0.4) is 0 Å². The largest absolute Gasteiger partial charge is 0.356 e. The van der Waals surface area contributed by atoms with Crippen LogP contribution in [-0.2, 0) is 6.42 Å². The first-order chi connectivity index (χ1) is 12.0. The van der Waals surface area contributed by atoms with Crippen LogP contribution in [0.4, 0.5) is 5.95 Å². The second kappa shape index (κ2) is 6.42. The number of halogens is 1. The third-order valence-electron chi connectivity index (χ3n) is 4.41. The van der Waals surface area contributed by atoms with E-state index >= 15 is 0 Å². The Bertz CT molecular complexity index is 918. The smallest absolute Gasteiger partial charge is 0.223 e. The molecule has 1 atom stereocenters. The van der Waals surface area contributed by atoms with E-state index in [-0.39, 0.29) is 12.0 Å². The zero-order valence-electron chi connectivity index (χ0n) is 14.3. The van der Waals surface area contributed by atoms with Gasteiger partial charge < -0.3 is 9.84 Å². The Hall–Kier alpha value is -1.92. The highest BCUT2D eigenvalue weighted by Gasteiger charge is 2.26. The van der Waals surface area contributed by atoms with Gasteiger partial charge in [-0.2, -0.15) is 0 Å². The molecule has 0 fully saturated rings. The predicted octanol–water partition coefficient (Wildman–Crippen LogP) is 5.38. The lowest BCUT2D eigenvalue weighted by molar-refractivity contribution is 0.426. The van der Waals surface area contributed by atoms with Gasteiger partial charge >= 0.3 is 0 Å². The molecule has 7 heteroatoms. The van der Waals surface area contributed by atoms with Crippen LogP contribution in [0.5, 0.6) is 0 Å². The molecule has 3 aromatic heterocycles. The molecule has 3 aromatic rings. The van der Waals surface area contributed by atoms with Gasteiger partial charge in [0, 0.05) is 17.1 Å². The summed E-state index contributed by atoms with van der Waals surface area (Å²) in [5.41, 5.74) is 3.97. The highest BCUT2D eigenvalue weighted by Crippen LogP contribution is 2.40. The van der Waals surface area contributed by atoms with Crippen molar-refractivity contribution in [2.75, 3.05) is 5.32 Å². The van der Waals surface area contributed by atoms with E-state index in [9.17, 15) is 0 Å². The molecule has 0 spiro atoms. The Balaban J connectivity index is 1.64. The minimum Gasteiger partial charge on any atom is -0.356 e. The molecule has 0 radical (unpaired) electrons. The molecule has 0 saturated carbocycles. The standard InChI is InChI=1S/C18H19ClN4OS/c1-9(2)17-12(14-6-10(3)23-24-14)8-20-18(22-17)21-13-4-5-15-11(13)7-16(19)25-15/h6-9,13H,4-5H2,1-3H3,(H,20,21,22). The maximum absolute atomic E-state index is 6.15. The molecule has 1 N–H and O–H groups in total. The number of fused-ring (bicyclic) bond motifs is 1. The Morgan fingerprint density at radius 3 is 2.92 bits per heavy atom. The van der Waals surface area contributed by atoms with Gasteiger partial charge in [0.25, 0.3) is 0 Å². The first-order valence-corrected chi connectivity index (χ1v) is 9.56. The van der Waals surface area contributed by atoms with Crippen molar-refractivity contribution in [3.05, 3.63) is 44.5 Å². The fourth-order valence-corrected chi connectivity index (χ4v) is 4.58. The van der Waals surface area contributed by atoms with Crippen molar-refractivity contribution in [3.63, 3.8) is 0 Å². The van der Waals surface area contributed by atoms with Crippen molar-refractivity contribution < 1.29 is 4.52 Å². The monoisotopic (exact) mass is 374 g/mol. The molecule has 1 unspecified atom stereocenters. The van der Waals surface area contributed by atoms with Crippen LogP contribution in [0.2, 0.25) is 4.34 Å². The van der Waals surface area contributed by atoms with E-state index in [0.717, 1.165) is 34.1 Å². The third kappa shape index (κ3) is 3.16. The molecule has 1 aliphatic rings. The topological polar surface area (TPSA) is 63.8 Å². The molecule has 4 rings (SSSR count). The molecule has 25 heavy (non-hydrogen) atoms. The van der Waals surface area contributed by atoms with Gasteiger partial charge in [-0.25, -0.2) is 9.97 Å². The van der Waals surface area contributed by atoms with E-state index in [4.69, 9.17) is 21.1 Å². The van der Waals surface area contributed by atoms with Crippen LogP contribution in [0, 0.1) is 6.92 Å². The van der Waals surface area contributed by atoms with E-state index in [0.29, 0.717) is 11.7 Å². The molecule has 130 valence electrons. The molecule has 0 bridgehead atoms. The quantitative estimate of drug-likeness (QED) is 0.664. The van der Waals surface area contributed by atoms with Crippen molar-refractivity contribution in [3.8, 4) is 11.3 Å². The number of nitrogens with zero attached hydrogens (tertiary/aromatic N) is 3. The van der Waals surface area contributed by atoms with Crippen LogP contribution in [0.25, 0.3) is 11.3 Å². The van der Waals surface area contributed by atoms with Gasteiger partial charge in [0.15, 0.2) is 5.76 Å². The summed E-state index contributed by atoms with van der Waals surface area (Å²) in [6.07, 6.45) is 3.92. The fraction of sp³-hybridized carbons (Fsp3) is 0.389. The number of hydrogen-bond acceptors (Lipinski definition) is 6. The van der Waals surface area contributed by atoms with Crippen LogP contribution in [0.15, 0.2) is 22.9 Å². The first-order valence-electron chi connectivity index (χ1n) is 8.36. The SMILES string of the molecule is Cc1cc(-c2cnc(NC3CCc4sc(Cl)cc43)nc2C(C)C)on1. The van der Waals surface area contributed by atoms with E-state index in [1.165, 1.54) is 10.4 Å². The Kier molecular flexibility index (Phi) is 4.25. The van der Waals surface area contributed by atoms with Crippen molar-refractivity contribution in [2.24, 2.45) is 0 Å². The number of anilines is 1. The second-order valence-corrected chi connectivity index (χ2v) is 8.41. The Morgan fingerprint density at radius 1 is 1.36 bits per heavy atom. The zero-order chi connectivity index (χ0) is 17.6. The summed E-state index contributed by atoms with van der Waals surface area (Å²) >= 11 is 7.81. The summed E-state index contributed by atoms with van der Waals surface area (Å²) in [4.78, 5) is 10.6. The van der Waals surface area contributed by atoms with Crippen LogP contribution < -0.4 is 5.32 Å². The minimum absolute atomic E-state index is 0.220. The average molecular weight is 375 g/mol. The first kappa shape index (κ1) is 16.5. The lowest BCUT2D eigenvalue weighted by Gasteiger charge is -2.16. The van der Waals surface area contributed by atoms with Crippen molar-refractivity contribution >= 4 is 28.9 Å². The number of aromatic nitrogens is 3. The maximum atomic E-state index is 6.15. The van der Waals surface area contributed by atoms with Gasteiger partial charge in [0.1, 0.15) is 0 Å². The summed E-state index contributed by atoms with van der Waals surface area (Å²) in [5, 5.41) is 7.44. The van der Waals surface area contributed by atoms with Gasteiger partial charge in [0.2, 0.25) is 5.95 Å². The summed E-state index contributed by atoms with van der Waals surface area (Å²) in [7, 11) is 0. The normalized spacial score (nSPS) is 16.4. The molecule has 0 saturated heterocycles. The van der Waals surface area contributed by atoms with Crippen molar-refractivity contribution in [2.45, 2.75) is 45.6 Å². The van der Waals surface area contributed by atoms with Gasteiger partial charge in [0.05, 0.1) is 27.3 Å². The molecule has 5 nitrogen and oxygen atoms in total. The summed E-state index contributed by atoms with van der Waals surface area (Å²) in [5.74, 6) is 1.60. The van der Waals surface area contributed by atoms with Crippen molar-refractivity contribution in [1.29, 1.82) is 0 Å². The average Bonchev–Trinajstić information content (AvgIpc) is 3.25. The summed E-state index contributed by atoms with van der Waals surface area (Å²) < 4.78 is 6.24. The third-order valence-corrected chi connectivity index (χ3v) is 5.75. The highest BCUT2D eigenvalue weighted by atomic mass is 35.5. The highest BCUT2D eigenvalue weighted by molar-refractivity contribution is 7.16. The molecule has 0 aromatic carbocycles. The van der Waals surface area contributed by atoms with Crippen LogP contribution in [0.1, 0.15) is 54.1 Å². The Labute approximate surface area is 155 Å². The number of rotatable bonds is 4. The van der Waals surface area contributed by atoms with Gasteiger partial charge in [-0.1, -0.05) is 30.6 Å². The van der Waals surface area contributed by atoms with E-state index in [2.05, 4.69) is 35.4 Å². The number of thiophene rings is 1. The van der Waals surface area contributed by atoms with E-state index in [1.54, 1.807) is 11.3 Å². The van der Waals surface area contributed by atoms with Crippen LogP contribution >= 0.6 is 22.9 Å². The van der Waals surface area contributed by atoms with Gasteiger partial charge in [-0.05, 0) is 37.3 Å². The molecular formula is C18H19ClN4OS. The van der Waals surface area contributed by atoms with Crippen LogP contribution in [-0.4, -0.2) is 15.1 Å². The van der Waals surface area contributed by atoms with Gasteiger partial charge in [-0.15, -0.1) is 11.3 Å². The number of aryl methyl sites for hydroxylation is 2.